The maximum atomic E-state index is 10.1. The Kier molecular flexibility index (Phi) is 3.41. The third-order valence-electron chi connectivity index (χ3n) is 3.16. The number of hydrogen-bond donors (Lipinski definition) is 1. The predicted octanol–water partition coefficient (Wildman–Crippen LogP) is 3.71. The quantitative estimate of drug-likeness (QED) is 0.893. The zero-order valence-electron chi connectivity index (χ0n) is 11.4. The van der Waals surface area contributed by atoms with E-state index in [-0.39, 0.29) is 11.9 Å². The van der Waals surface area contributed by atoms with Crippen LogP contribution in [0.1, 0.15) is 38.1 Å². The normalized spacial score (nSPS) is 11.2. The van der Waals surface area contributed by atoms with Gasteiger partial charge in [-0.2, -0.15) is 0 Å². The van der Waals surface area contributed by atoms with E-state index in [2.05, 4.69) is 44.9 Å². The molecule has 1 N–H and O–H groups in total. The van der Waals surface area contributed by atoms with Crippen molar-refractivity contribution in [1.29, 1.82) is 0 Å². The fourth-order valence-corrected chi connectivity index (χ4v) is 2.24. The number of aromatic hydroxyl groups is 1. The lowest BCUT2D eigenvalue weighted by molar-refractivity contribution is 0.424. The molecule has 0 spiro atoms. The summed E-state index contributed by atoms with van der Waals surface area (Å²) in [7, 11) is 0. The molecule has 0 bridgehead atoms. The first kappa shape index (κ1) is 12.7. The Morgan fingerprint density at radius 3 is 2.33 bits per heavy atom. The summed E-state index contributed by atoms with van der Waals surface area (Å²) in [5.41, 5.74) is 4.20. The highest BCUT2D eigenvalue weighted by molar-refractivity contribution is 5.71. The van der Waals surface area contributed by atoms with E-state index in [0.717, 1.165) is 23.2 Å². The van der Waals surface area contributed by atoms with Crippen LogP contribution in [0, 0.1) is 6.92 Å². The van der Waals surface area contributed by atoms with E-state index in [0.29, 0.717) is 0 Å². The van der Waals surface area contributed by atoms with Crippen molar-refractivity contribution in [1.82, 2.24) is 9.78 Å². The Labute approximate surface area is 108 Å². The summed E-state index contributed by atoms with van der Waals surface area (Å²) in [6.07, 6.45) is 0.856. The lowest BCUT2D eigenvalue weighted by atomic mass is 10.0. The minimum Gasteiger partial charge on any atom is -0.492 e. The van der Waals surface area contributed by atoms with Crippen LogP contribution in [0.3, 0.4) is 0 Å². The highest BCUT2D eigenvalue weighted by Gasteiger charge is 2.18. The molecule has 2 rings (SSSR count). The Hall–Kier alpha value is -1.77. The lowest BCUT2D eigenvalue weighted by Crippen LogP contribution is -2.07. The molecule has 0 radical (unpaired) electrons. The van der Waals surface area contributed by atoms with Crippen molar-refractivity contribution in [2.45, 2.75) is 40.2 Å². The van der Waals surface area contributed by atoms with Crippen LogP contribution in [-0.2, 0) is 6.42 Å². The average molecular weight is 244 g/mol. The maximum absolute atomic E-state index is 10.1. The number of aryl methyl sites for hydroxylation is 1. The molecule has 1 aromatic carbocycles. The largest absolute Gasteiger partial charge is 0.492 e. The lowest BCUT2D eigenvalue weighted by Gasteiger charge is -2.10. The molecule has 0 amide bonds. The number of rotatable bonds is 3. The SMILES string of the molecule is CCc1c(-c2ccc(C)cc2)c(O)nn1C(C)C. The van der Waals surface area contributed by atoms with Gasteiger partial charge in [-0.3, -0.25) is 4.68 Å². The molecular weight excluding hydrogens is 224 g/mol. The van der Waals surface area contributed by atoms with Crippen molar-refractivity contribution in [2.75, 3.05) is 0 Å². The highest BCUT2D eigenvalue weighted by Crippen LogP contribution is 2.34. The first-order valence-corrected chi connectivity index (χ1v) is 6.42. The van der Waals surface area contributed by atoms with E-state index >= 15 is 0 Å². The zero-order chi connectivity index (χ0) is 13.3. The van der Waals surface area contributed by atoms with E-state index < -0.39 is 0 Å². The Balaban J connectivity index is 2.59. The van der Waals surface area contributed by atoms with Crippen LogP contribution in [0.4, 0.5) is 0 Å². The second kappa shape index (κ2) is 4.84. The minimum atomic E-state index is 0.129. The molecule has 0 saturated carbocycles. The number of benzene rings is 1. The van der Waals surface area contributed by atoms with Crippen molar-refractivity contribution >= 4 is 0 Å². The van der Waals surface area contributed by atoms with Gasteiger partial charge in [0.1, 0.15) is 0 Å². The summed E-state index contributed by atoms with van der Waals surface area (Å²) in [5, 5.41) is 14.3. The van der Waals surface area contributed by atoms with Crippen molar-refractivity contribution in [3.63, 3.8) is 0 Å². The summed E-state index contributed by atoms with van der Waals surface area (Å²) in [6, 6.07) is 8.44. The molecule has 3 heteroatoms. The van der Waals surface area contributed by atoms with Crippen LogP contribution >= 0.6 is 0 Å². The third kappa shape index (κ3) is 2.13. The van der Waals surface area contributed by atoms with Gasteiger partial charge in [0.25, 0.3) is 0 Å². The predicted molar refractivity (Wildman–Crippen MR) is 73.8 cm³/mol. The first-order valence-electron chi connectivity index (χ1n) is 6.42. The van der Waals surface area contributed by atoms with Gasteiger partial charge in [-0.05, 0) is 32.8 Å². The Morgan fingerprint density at radius 2 is 1.83 bits per heavy atom. The van der Waals surface area contributed by atoms with Crippen molar-refractivity contribution in [2.24, 2.45) is 0 Å². The van der Waals surface area contributed by atoms with Gasteiger partial charge in [0, 0.05) is 6.04 Å². The van der Waals surface area contributed by atoms with Gasteiger partial charge >= 0.3 is 0 Å². The first-order chi connectivity index (χ1) is 8.54. The van der Waals surface area contributed by atoms with Crippen LogP contribution in [0.15, 0.2) is 24.3 Å². The number of hydrogen-bond acceptors (Lipinski definition) is 2. The molecule has 18 heavy (non-hydrogen) atoms. The molecule has 3 nitrogen and oxygen atoms in total. The Bertz CT molecular complexity index is 538. The van der Waals surface area contributed by atoms with Gasteiger partial charge in [0.2, 0.25) is 5.88 Å². The van der Waals surface area contributed by atoms with E-state index in [9.17, 15) is 5.11 Å². The number of aromatic nitrogens is 2. The van der Waals surface area contributed by atoms with Gasteiger partial charge in [-0.15, -0.1) is 5.10 Å². The molecule has 1 heterocycles. The number of nitrogens with zero attached hydrogens (tertiary/aromatic N) is 2. The summed E-state index contributed by atoms with van der Waals surface area (Å²) in [6.45, 7) is 8.30. The second-order valence-corrected chi connectivity index (χ2v) is 4.90. The van der Waals surface area contributed by atoms with Crippen LogP contribution < -0.4 is 0 Å². The highest BCUT2D eigenvalue weighted by atomic mass is 16.3. The third-order valence-corrected chi connectivity index (χ3v) is 3.16. The zero-order valence-corrected chi connectivity index (χ0v) is 11.4. The smallest absolute Gasteiger partial charge is 0.238 e. The monoisotopic (exact) mass is 244 g/mol. The van der Waals surface area contributed by atoms with Crippen molar-refractivity contribution in [3.8, 4) is 17.0 Å². The molecule has 1 aromatic heterocycles. The van der Waals surface area contributed by atoms with Crippen molar-refractivity contribution < 1.29 is 5.11 Å². The van der Waals surface area contributed by atoms with Gasteiger partial charge in [0.05, 0.1) is 11.3 Å². The van der Waals surface area contributed by atoms with E-state index in [1.54, 1.807) is 0 Å². The van der Waals surface area contributed by atoms with E-state index in [1.807, 2.05) is 16.8 Å². The molecule has 2 aromatic rings. The fraction of sp³-hybridized carbons (Fsp3) is 0.400. The van der Waals surface area contributed by atoms with Gasteiger partial charge in [0.15, 0.2) is 0 Å². The van der Waals surface area contributed by atoms with Crippen LogP contribution in [0.2, 0.25) is 0 Å². The Morgan fingerprint density at radius 1 is 1.22 bits per heavy atom. The minimum absolute atomic E-state index is 0.129. The maximum Gasteiger partial charge on any atom is 0.238 e. The molecule has 0 aliphatic carbocycles. The second-order valence-electron chi connectivity index (χ2n) is 4.90. The van der Waals surface area contributed by atoms with Crippen LogP contribution in [0.25, 0.3) is 11.1 Å². The summed E-state index contributed by atoms with van der Waals surface area (Å²) < 4.78 is 1.91. The van der Waals surface area contributed by atoms with Crippen LogP contribution in [-0.4, -0.2) is 14.9 Å². The molecule has 0 saturated heterocycles. The standard InChI is InChI=1S/C15H20N2O/c1-5-13-14(12-8-6-11(4)7-9-12)15(18)16-17(13)10(2)3/h6-10H,5H2,1-4H3,(H,16,18). The fourth-order valence-electron chi connectivity index (χ4n) is 2.24. The molecule has 0 atom stereocenters. The van der Waals surface area contributed by atoms with Gasteiger partial charge in [-0.25, -0.2) is 0 Å². The molecule has 0 unspecified atom stereocenters. The molecular formula is C15H20N2O. The summed E-state index contributed by atoms with van der Waals surface area (Å²) >= 11 is 0. The van der Waals surface area contributed by atoms with E-state index in [4.69, 9.17) is 0 Å². The molecule has 0 fully saturated rings. The van der Waals surface area contributed by atoms with Gasteiger partial charge in [-0.1, -0.05) is 36.8 Å². The molecule has 96 valence electrons. The van der Waals surface area contributed by atoms with Gasteiger partial charge < -0.3 is 5.11 Å². The molecule has 0 aliphatic rings. The van der Waals surface area contributed by atoms with E-state index in [1.165, 1.54) is 5.56 Å². The summed E-state index contributed by atoms with van der Waals surface area (Å²) in [5.74, 6) is 0.129. The topological polar surface area (TPSA) is 38.1 Å². The van der Waals surface area contributed by atoms with Crippen molar-refractivity contribution in [3.05, 3.63) is 35.5 Å². The summed E-state index contributed by atoms with van der Waals surface area (Å²) in [4.78, 5) is 0. The molecule has 0 aliphatic heterocycles. The average Bonchev–Trinajstić information content (AvgIpc) is 2.67. The van der Waals surface area contributed by atoms with Crippen LogP contribution in [0.5, 0.6) is 5.88 Å².